The van der Waals surface area contributed by atoms with Gasteiger partial charge in [0.25, 0.3) is 0 Å². The van der Waals surface area contributed by atoms with Crippen molar-refractivity contribution < 1.29 is 26.7 Å². The average Bonchev–Trinajstić information content (AvgIpc) is 2.93. The highest BCUT2D eigenvalue weighted by atomic mass is 32.2. The van der Waals surface area contributed by atoms with E-state index in [2.05, 4.69) is 5.32 Å². The summed E-state index contributed by atoms with van der Waals surface area (Å²) in [5, 5.41) is 12.6. The molecule has 0 amide bonds. The zero-order chi connectivity index (χ0) is 18.2. The van der Waals surface area contributed by atoms with Gasteiger partial charge < -0.3 is 5.11 Å². The molecule has 1 aliphatic rings. The summed E-state index contributed by atoms with van der Waals surface area (Å²) in [6.07, 6.45) is -2.00. The van der Waals surface area contributed by atoms with Crippen LogP contribution in [0.3, 0.4) is 0 Å². The molecule has 2 aromatic rings. The number of alkyl halides is 3. The lowest BCUT2D eigenvalue weighted by atomic mass is 9.95. The summed E-state index contributed by atoms with van der Waals surface area (Å²) in [6.45, 7) is 0. The fourth-order valence-electron chi connectivity index (χ4n) is 2.95. The van der Waals surface area contributed by atoms with Crippen LogP contribution < -0.4 is 5.32 Å². The smallest absolute Gasteiger partial charge is 0.364 e. The first-order chi connectivity index (χ1) is 11.7. The van der Waals surface area contributed by atoms with E-state index in [1.807, 2.05) is 0 Å². The van der Waals surface area contributed by atoms with Crippen LogP contribution in [0.15, 0.2) is 60.7 Å². The molecule has 1 fully saturated rings. The number of halogens is 3. The lowest BCUT2D eigenvalue weighted by Crippen LogP contribution is -2.46. The van der Waals surface area contributed by atoms with Crippen LogP contribution in [0.1, 0.15) is 23.2 Å². The number of sulfonamides is 1. The molecular formula is C16H15F3N2O3S. The van der Waals surface area contributed by atoms with Crippen LogP contribution in [0.25, 0.3) is 0 Å². The standard InChI is InChI=1S/C16H15F3N2O3S/c17-16(18,19)25(23,24)21-14(12-9-5-2-6-10-12)13(20-15(21)22)11-7-3-1-4-8-11/h1-10,13-15,20,22H/t13-,14-,15+/m1/s1. The Hall–Kier alpha value is -1.94. The molecule has 0 aliphatic carbocycles. The Morgan fingerprint density at radius 2 is 1.40 bits per heavy atom. The highest BCUT2D eigenvalue weighted by Crippen LogP contribution is 2.44. The van der Waals surface area contributed by atoms with Crippen LogP contribution >= 0.6 is 0 Å². The number of hydrogen-bond donors (Lipinski definition) is 2. The van der Waals surface area contributed by atoms with Gasteiger partial charge in [0.1, 0.15) is 0 Å². The average molecular weight is 372 g/mol. The number of nitrogens with one attached hydrogen (secondary N) is 1. The maximum atomic E-state index is 13.1. The van der Waals surface area contributed by atoms with Gasteiger partial charge in [-0.15, -0.1) is 4.31 Å². The Kier molecular flexibility index (Phi) is 4.58. The molecule has 1 saturated heterocycles. The van der Waals surface area contributed by atoms with Crippen LogP contribution in [-0.4, -0.2) is 29.7 Å². The van der Waals surface area contributed by atoms with E-state index in [4.69, 9.17) is 0 Å². The van der Waals surface area contributed by atoms with E-state index in [1.165, 1.54) is 12.1 Å². The van der Waals surface area contributed by atoms with E-state index in [-0.39, 0.29) is 4.31 Å². The summed E-state index contributed by atoms with van der Waals surface area (Å²) in [7, 11) is -5.74. The normalized spacial score (nSPS) is 25.2. The molecule has 1 aliphatic heterocycles. The van der Waals surface area contributed by atoms with Crippen molar-refractivity contribution in [3.05, 3.63) is 71.8 Å². The van der Waals surface area contributed by atoms with Gasteiger partial charge in [-0.1, -0.05) is 60.7 Å². The third-order valence-electron chi connectivity index (χ3n) is 4.03. The van der Waals surface area contributed by atoms with Crippen LogP contribution in [0.2, 0.25) is 0 Å². The van der Waals surface area contributed by atoms with E-state index < -0.39 is 34.0 Å². The van der Waals surface area contributed by atoms with Gasteiger partial charge in [0, 0.05) is 0 Å². The lowest BCUT2D eigenvalue weighted by Gasteiger charge is -2.28. The zero-order valence-corrected chi connectivity index (χ0v) is 13.6. The van der Waals surface area contributed by atoms with E-state index in [9.17, 15) is 26.7 Å². The van der Waals surface area contributed by atoms with Crippen molar-refractivity contribution in [3.63, 3.8) is 0 Å². The fourth-order valence-corrected chi connectivity index (χ4v) is 4.06. The fraction of sp³-hybridized carbons (Fsp3) is 0.250. The first-order valence-corrected chi connectivity index (χ1v) is 8.81. The monoisotopic (exact) mass is 372 g/mol. The molecule has 0 bridgehead atoms. The predicted octanol–water partition coefficient (Wildman–Crippen LogP) is 2.50. The molecule has 3 rings (SSSR count). The molecule has 0 unspecified atom stereocenters. The van der Waals surface area contributed by atoms with Gasteiger partial charge >= 0.3 is 15.5 Å². The van der Waals surface area contributed by atoms with Crippen molar-refractivity contribution >= 4 is 10.0 Å². The molecule has 3 atom stereocenters. The molecule has 0 radical (unpaired) electrons. The Morgan fingerprint density at radius 1 is 0.920 bits per heavy atom. The second-order valence-corrected chi connectivity index (χ2v) is 7.40. The van der Waals surface area contributed by atoms with Gasteiger partial charge in [-0.3, -0.25) is 5.32 Å². The minimum atomic E-state index is -5.74. The predicted molar refractivity (Wildman–Crippen MR) is 84.3 cm³/mol. The van der Waals surface area contributed by atoms with Gasteiger partial charge in [-0.2, -0.15) is 13.2 Å². The Labute approximate surface area is 142 Å². The SMILES string of the molecule is O=S(=O)(N1[C@H](c2ccccc2)[C@@H](c2ccccc2)N[C@@H]1O)C(F)(F)F. The first-order valence-electron chi connectivity index (χ1n) is 7.37. The van der Waals surface area contributed by atoms with E-state index in [0.29, 0.717) is 11.1 Å². The highest BCUT2D eigenvalue weighted by Gasteiger charge is 2.58. The highest BCUT2D eigenvalue weighted by molar-refractivity contribution is 7.90. The van der Waals surface area contributed by atoms with Crippen LogP contribution in [0.4, 0.5) is 13.2 Å². The molecular weight excluding hydrogens is 357 g/mol. The first kappa shape index (κ1) is 17.9. The summed E-state index contributed by atoms with van der Waals surface area (Å²) < 4.78 is 63.5. The quantitative estimate of drug-likeness (QED) is 0.869. The lowest BCUT2D eigenvalue weighted by molar-refractivity contribution is -0.0566. The molecule has 2 N–H and O–H groups in total. The van der Waals surface area contributed by atoms with Crippen molar-refractivity contribution in [1.82, 2.24) is 9.62 Å². The number of hydrogen-bond acceptors (Lipinski definition) is 4. The Bertz CT molecular complexity index is 829. The number of nitrogens with zero attached hydrogens (tertiary/aromatic N) is 1. The van der Waals surface area contributed by atoms with Gasteiger partial charge in [-0.25, -0.2) is 8.42 Å². The number of benzene rings is 2. The second-order valence-electron chi connectivity index (χ2n) is 5.56. The van der Waals surface area contributed by atoms with Crippen molar-refractivity contribution in [2.45, 2.75) is 23.9 Å². The third-order valence-corrected chi connectivity index (χ3v) is 5.60. The molecule has 0 saturated carbocycles. The van der Waals surface area contributed by atoms with Gasteiger partial charge in [0.15, 0.2) is 6.35 Å². The summed E-state index contributed by atoms with van der Waals surface area (Å²) in [5.41, 5.74) is -4.61. The molecule has 0 spiro atoms. The molecule has 0 aromatic heterocycles. The van der Waals surface area contributed by atoms with E-state index in [0.717, 1.165) is 0 Å². The summed E-state index contributed by atoms with van der Waals surface area (Å²) in [4.78, 5) is 0. The molecule has 9 heteroatoms. The number of aliphatic hydroxyl groups is 1. The molecule has 25 heavy (non-hydrogen) atoms. The van der Waals surface area contributed by atoms with Crippen molar-refractivity contribution in [2.75, 3.05) is 0 Å². The molecule has 134 valence electrons. The third kappa shape index (κ3) is 3.15. The van der Waals surface area contributed by atoms with Crippen molar-refractivity contribution in [1.29, 1.82) is 0 Å². The minimum absolute atomic E-state index is 0.0833. The van der Waals surface area contributed by atoms with Crippen LogP contribution in [-0.2, 0) is 10.0 Å². The summed E-state index contributed by atoms with van der Waals surface area (Å²) in [6, 6.07) is 14.3. The van der Waals surface area contributed by atoms with Crippen molar-refractivity contribution in [2.24, 2.45) is 0 Å². The van der Waals surface area contributed by atoms with E-state index in [1.54, 1.807) is 48.5 Å². The molecule has 2 aromatic carbocycles. The van der Waals surface area contributed by atoms with Crippen LogP contribution in [0.5, 0.6) is 0 Å². The van der Waals surface area contributed by atoms with Gasteiger partial charge in [0.05, 0.1) is 12.1 Å². The van der Waals surface area contributed by atoms with Crippen LogP contribution in [0, 0.1) is 0 Å². The maximum absolute atomic E-state index is 13.1. The topological polar surface area (TPSA) is 69.6 Å². The van der Waals surface area contributed by atoms with Crippen molar-refractivity contribution in [3.8, 4) is 0 Å². The number of aliphatic hydroxyl groups excluding tert-OH is 1. The molecule has 1 heterocycles. The van der Waals surface area contributed by atoms with Gasteiger partial charge in [0.2, 0.25) is 0 Å². The Morgan fingerprint density at radius 3 is 1.88 bits per heavy atom. The molecule has 5 nitrogen and oxygen atoms in total. The second kappa shape index (κ2) is 6.41. The van der Waals surface area contributed by atoms with Gasteiger partial charge in [-0.05, 0) is 11.1 Å². The number of rotatable bonds is 3. The minimum Gasteiger partial charge on any atom is -0.364 e. The summed E-state index contributed by atoms with van der Waals surface area (Å²) >= 11 is 0. The summed E-state index contributed by atoms with van der Waals surface area (Å²) in [5.74, 6) is 0. The zero-order valence-electron chi connectivity index (χ0n) is 12.8. The Balaban J connectivity index is 2.14. The maximum Gasteiger partial charge on any atom is 0.511 e. The largest absolute Gasteiger partial charge is 0.511 e. The van der Waals surface area contributed by atoms with E-state index >= 15 is 0 Å².